The lowest BCUT2D eigenvalue weighted by Gasteiger charge is -2.26. The van der Waals surface area contributed by atoms with Gasteiger partial charge in [0.25, 0.3) is 0 Å². The molecule has 1 unspecified atom stereocenters. The number of carbonyl (C=O) groups is 3. The lowest BCUT2D eigenvalue weighted by molar-refractivity contribution is -0.149. The quantitative estimate of drug-likeness (QED) is 0.751. The number of rotatable bonds is 8. The van der Waals surface area contributed by atoms with Gasteiger partial charge in [0.1, 0.15) is 6.04 Å². The van der Waals surface area contributed by atoms with E-state index in [1.807, 2.05) is 0 Å². The van der Waals surface area contributed by atoms with Gasteiger partial charge in [0.15, 0.2) is 0 Å². The molecule has 0 saturated heterocycles. The van der Waals surface area contributed by atoms with Crippen LogP contribution >= 0.6 is 22.9 Å². The van der Waals surface area contributed by atoms with Crippen LogP contribution in [-0.4, -0.2) is 46.9 Å². The molecule has 0 radical (unpaired) electrons. The highest BCUT2D eigenvalue weighted by atomic mass is 35.5. The summed E-state index contributed by atoms with van der Waals surface area (Å²) in [6.45, 7) is 3.21. The highest BCUT2D eigenvalue weighted by molar-refractivity contribution is 7.10. The van der Waals surface area contributed by atoms with Crippen LogP contribution in [0.15, 0.2) is 11.4 Å². The Kier molecular flexibility index (Phi) is 7.34. The number of hydrogen-bond acceptors (Lipinski definition) is 4. The van der Waals surface area contributed by atoms with Gasteiger partial charge in [-0.15, -0.1) is 11.3 Å². The molecule has 0 aliphatic carbocycles. The van der Waals surface area contributed by atoms with Gasteiger partial charge in [0, 0.05) is 36.7 Å². The molecule has 8 heteroatoms. The monoisotopic (exact) mass is 346 g/mol. The van der Waals surface area contributed by atoms with Gasteiger partial charge in [-0.05, 0) is 19.4 Å². The molecular formula is C14H19ClN2O4S. The standard InChI is InChI=1S/C14H19ClN2O4S/c1-9(14(20)21)17(6-5-16-10(2)18)13(19)4-3-12-7-11(15)8-22-12/h7-9H,3-6H2,1-2H3,(H,16,18)(H,20,21). The Hall–Kier alpha value is -1.60. The molecule has 122 valence electrons. The van der Waals surface area contributed by atoms with Gasteiger partial charge in [-0.1, -0.05) is 11.6 Å². The molecule has 2 N–H and O–H groups in total. The van der Waals surface area contributed by atoms with Gasteiger partial charge in [0.05, 0.1) is 5.02 Å². The number of nitrogens with zero attached hydrogens (tertiary/aromatic N) is 1. The van der Waals surface area contributed by atoms with Crippen LogP contribution in [0.4, 0.5) is 0 Å². The topological polar surface area (TPSA) is 86.7 Å². The van der Waals surface area contributed by atoms with Crippen molar-refractivity contribution in [1.82, 2.24) is 10.2 Å². The highest BCUT2D eigenvalue weighted by Crippen LogP contribution is 2.20. The molecule has 1 heterocycles. The van der Waals surface area contributed by atoms with E-state index in [1.165, 1.54) is 30.1 Å². The summed E-state index contributed by atoms with van der Waals surface area (Å²) in [6.07, 6.45) is 0.716. The third-order valence-corrected chi connectivity index (χ3v) is 4.42. The Balaban J connectivity index is 2.61. The minimum absolute atomic E-state index is 0.164. The zero-order chi connectivity index (χ0) is 16.7. The lowest BCUT2D eigenvalue weighted by Crippen LogP contribution is -2.46. The first-order valence-corrected chi connectivity index (χ1v) is 8.06. The van der Waals surface area contributed by atoms with Crippen LogP contribution in [0.25, 0.3) is 0 Å². The van der Waals surface area contributed by atoms with Crippen molar-refractivity contribution in [3.8, 4) is 0 Å². The number of carbonyl (C=O) groups excluding carboxylic acids is 2. The number of thiophene rings is 1. The average molecular weight is 347 g/mol. The van der Waals surface area contributed by atoms with Crippen LogP contribution in [0.5, 0.6) is 0 Å². The molecule has 1 aromatic rings. The van der Waals surface area contributed by atoms with E-state index in [2.05, 4.69) is 5.32 Å². The number of amides is 2. The first-order valence-electron chi connectivity index (χ1n) is 6.81. The first-order chi connectivity index (χ1) is 10.3. The second kappa shape index (κ2) is 8.75. The fourth-order valence-electron chi connectivity index (χ4n) is 1.88. The summed E-state index contributed by atoms with van der Waals surface area (Å²) in [5.74, 6) is -1.55. The Morgan fingerprint density at radius 1 is 1.45 bits per heavy atom. The normalized spacial score (nSPS) is 11.8. The van der Waals surface area contributed by atoms with Crippen molar-refractivity contribution in [1.29, 1.82) is 0 Å². The number of hydrogen-bond donors (Lipinski definition) is 2. The van der Waals surface area contributed by atoms with E-state index in [1.54, 1.807) is 11.4 Å². The van der Waals surface area contributed by atoms with E-state index in [-0.39, 0.29) is 31.3 Å². The molecule has 1 rings (SSSR count). The third kappa shape index (κ3) is 6.03. The number of nitrogens with one attached hydrogen (secondary N) is 1. The second-order valence-corrected chi connectivity index (χ2v) is 6.25. The number of aryl methyl sites for hydroxylation is 1. The Morgan fingerprint density at radius 2 is 2.14 bits per heavy atom. The maximum atomic E-state index is 12.3. The first kappa shape index (κ1) is 18.4. The summed E-state index contributed by atoms with van der Waals surface area (Å²) in [4.78, 5) is 36.5. The fraction of sp³-hybridized carbons (Fsp3) is 0.500. The molecule has 0 saturated carbocycles. The molecule has 1 aromatic heterocycles. The average Bonchev–Trinajstić information content (AvgIpc) is 2.85. The van der Waals surface area contributed by atoms with Crippen molar-refractivity contribution >= 4 is 40.7 Å². The molecule has 0 aromatic carbocycles. The predicted molar refractivity (Wildman–Crippen MR) is 85.1 cm³/mol. The second-order valence-electron chi connectivity index (χ2n) is 4.82. The summed E-state index contributed by atoms with van der Waals surface area (Å²) in [6, 6.07) is 0.857. The van der Waals surface area contributed by atoms with Crippen molar-refractivity contribution in [2.24, 2.45) is 0 Å². The smallest absolute Gasteiger partial charge is 0.326 e. The minimum Gasteiger partial charge on any atom is -0.480 e. The van der Waals surface area contributed by atoms with E-state index < -0.39 is 12.0 Å². The summed E-state index contributed by atoms with van der Waals surface area (Å²) in [5.41, 5.74) is 0. The van der Waals surface area contributed by atoms with Crippen LogP contribution in [0, 0.1) is 0 Å². The maximum absolute atomic E-state index is 12.3. The molecular weight excluding hydrogens is 328 g/mol. The number of carboxylic acid groups (broad SMARTS) is 1. The number of carboxylic acids is 1. The van der Waals surface area contributed by atoms with Gasteiger partial charge < -0.3 is 15.3 Å². The van der Waals surface area contributed by atoms with E-state index in [0.29, 0.717) is 11.4 Å². The van der Waals surface area contributed by atoms with Crippen molar-refractivity contribution in [2.45, 2.75) is 32.7 Å². The van der Waals surface area contributed by atoms with E-state index in [9.17, 15) is 14.4 Å². The van der Waals surface area contributed by atoms with Gasteiger partial charge in [-0.3, -0.25) is 9.59 Å². The molecule has 0 spiro atoms. The molecule has 0 fully saturated rings. The minimum atomic E-state index is -1.07. The largest absolute Gasteiger partial charge is 0.480 e. The summed E-state index contributed by atoms with van der Waals surface area (Å²) in [7, 11) is 0. The van der Waals surface area contributed by atoms with Crippen molar-refractivity contribution < 1.29 is 19.5 Å². The summed E-state index contributed by atoms with van der Waals surface area (Å²) < 4.78 is 0. The highest BCUT2D eigenvalue weighted by Gasteiger charge is 2.25. The summed E-state index contributed by atoms with van der Waals surface area (Å²) in [5, 5.41) is 14.1. The molecule has 0 aliphatic rings. The van der Waals surface area contributed by atoms with Crippen LogP contribution in [0.1, 0.15) is 25.1 Å². The van der Waals surface area contributed by atoms with Crippen LogP contribution < -0.4 is 5.32 Å². The Labute approximate surface area is 138 Å². The van der Waals surface area contributed by atoms with Crippen LogP contribution in [0.3, 0.4) is 0 Å². The van der Waals surface area contributed by atoms with Gasteiger partial charge in [0.2, 0.25) is 11.8 Å². The van der Waals surface area contributed by atoms with Gasteiger partial charge >= 0.3 is 5.97 Å². The Bertz CT molecular complexity index is 547. The maximum Gasteiger partial charge on any atom is 0.326 e. The molecule has 1 atom stereocenters. The SMILES string of the molecule is CC(=O)NCCN(C(=O)CCc1cc(Cl)cs1)C(C)C(=O)O. The van der Waals surface area contributed by atoms with Crippen LogP contribution in [0.2, 0.25) is 5.02 Å². The fourth-order valence-corrected chi connectivity index (χ4v) is 2.96. The van der Waals surface area contributed by atoms with Crippen LogP contribution in [-0.2, 0) is 20.8 Å². The van der Waals surface area contributed by atoms with E-state index in [0.717, 1.165) is 4.88 Å². The zero-order valence-corrected chi connectivity index (χ0v) is 14.0. The van der Waals surface area contributed by atoms with Gasteiger partial charge in [-0.2, -0.15) is 0 Å². The predicted octanol–water partition coefficient (Wildman–Crippen LogP) is 1.77. The third-order valence-electron chi connectivity index (χ3n) is 3.08. The Morgan fingerprint density at radius 3 is 2.64 bits per heavy atom. The molecule has 22 heavy (non-hydrogen) atoms. The number of halogens is 1. The molecule has 0 aliphatic heterocycles. The molecule has 2 amide bonds. The van der Waals surface area contributed by atoms with E-state index in [4.69, 9.17) is 16.7 Å². The van der Waals surface area contributed by atoms with Crippen molar-refractivity contribution in [3.05, 3.63) is 21.3 Å². The molecule has 6 nitrogen and oxygen atoms in total. The van der Waals surface area contributed by atoms with Crippen molar-refractivity contribution in [3.63, 3.8) is 0 Å². The van der Waals surface area contributed by atoms with Gasteiger partial charge in [-0.25, -0.2) is 4.79 Å². The number of aliphatic carboxylic acids is 1. The lowest BCUT2D eigenvalue weighted by atomic mass is 10.2. The van der Waals surface area contributed by atoms with Crippen molar-refractivity contribution in [2.75, 3.05) is 13.1 Å². The van der Waals surface area contributed by atoms with E-state index >= 15 is 0 Å². The summed E-state index contributed by atoms with van der Waals surface area (Å²) >= 11 is 7.29. The molecule has 0 bridgehead atoms. The zero-order valence-electron chi connectivity index (χ0n) is 12.5.